The van der Waals surface area contributed by atoms with Gasteiger partial charge in [0, 0.05) is 0 Å². The molecule has 0 aliphatic rings. The monoisotopic (exact) mass is 524 g/mol. The third-order valence-corrected chi connectivity index (χ3v) is 5.17. The fraction of sp³-hybridized carbons (Fsp3) is 0.261. The number of carbonyl (C=O) groups is 5. The van der Waals surface area contributed by atoms with E-state index in [1.54, 1.807) is 30.3 Å². The predicted molar refractivity (Wildman–Crippen MR) is 125 cm³/mol. The molecule has 2 amide bonds. The molecule has 0 bridgehead atoms. The number of amides is 2. The summed E-state index contributed by atoms with van der Waals surface area (Å²) in [6.07, 6.45) is -1.66. The zero-order valence-electron chi connectivity index (χ0n) is 18.5. The first kappa shape index (κ1) is 27.6. The number of ketones is 1. The van der Waals surface area contributed by atoms with E-state index < -0.39 is 54.8 Å². The average molecular weight is 525 g/mol. The molecule has 0 aliphatic heterocycles. The number of benzene rings is 2. The Labute approximate surface area is 210 Å². The number of alkyl carbamates (subject to hydrolysis) is 1. The molecule has 2 atom stereocenters. The molecule has 2 rings (SSSR count). The minimum atomic E-state index is -1.53. The summed E-state index contributed by atoms with van der Waals surface area (Å²) in [5.74, 6) is -4.12. The van der Waals surface area contributed by atoms with Crippen LogP contribution in [-0.2, 0) is 30.5 Å². The largest absolute Gasteiger partial charge is 0.481 e. The standard InChI is InChI=1S/C23H22Cl2N2O8/c1-13(26-23(33)35-11-14-6-3-2-4-7-14)21(31)27-17(10-19(29)30)18(28)12-34-22(32)20-15(24)8-5-9-16(20)25/h2-9,13,17H,10-12H2,1H3,(H,26,33)(H,27,31)(H,29,30)/t13-,17+/m1/s1. The second-order valence-corrected chi connectivity index (χ2v) is 8.04. The van der Waals surface area contributed by atoms with Crippen molar-refractivity contribution in [2.24, 2.45) is 0 Å². The Morgan fingerprint density at radius 2 is 1.54 bits per heavy atom. The Balaban J connectivity index is 1.92. The Morgan fingerprint density at radius 3 is 2.14 bits per heavy atom. The number of esters is 1. The van der Waals surface area contributed by atoms with Crippen LogP contribution in [0.3, 0.4) is 0 Å². The maximum Gasteiger partial charge on any atom is 0.408 e. The number of nitrogens with one attached hydrogen (secondary N) is 2. The highest BCUT2D eigenvalue weighted by Crippen LogP contribution is 2.24. The third-order valence-electron chi connectivity index (χ3n) is 4.54. The number of ether oxygens (including phenoxy) is 2. The Kier molecular flexibility index (Phi) is 10.5. The summed E-state index contributed by atoms with van der Waals surface area (Å²) < 4.78 is 9.93. The molecule has 0 radical (unpaired) electrons. The summed E-state index contributed by atoms with van der Waals surface area (Å²) in [5.41, 5.74) is 0.578. The van der Waals surface area contributed by atoms with E-state index in [1.807, 2.05) is 0 Å². The number of carboxylic acid groups (broad SMARTS) is 1. The van der Waals surface area contributed by atoms with Gasteiger partial charge in [-0.3, -0.25) is 14.4 Å². The van der Waals surface area contributed by atoms with Crippen molar-refractivity contribution in [3.05, 3.63) is 69.7 Å². The van der Waals surface area contributed by atoms with Gasteiger partial charge in [-0.05, 0) is 24.6 Å². The molecule has 186 valence electrons. The molecule has 0 saturated heterocycles. The van der Waals surface area contributed by atoms with Crippen molar-refractivity contribution in [2.45, 2.75) is 32.0 Å². The molecule has 2 aromatic rings. The highest BCUT2D eigenvalue weighted by Gasteiger charge is 2.28. The first-order valence-electron chi connectivity index (χ1n) is 10.2. The van der Waals surface area contributed by atoms with Gasteiger partial charge in [-0.15, -0.1) is 0 Å². The normalized spacial score (nSPS) is 12.1. The summed E-state index contributed by atoms with van der Waals surface area (Å²) in [7, 11) is 0. The lowest BCUT2D eigenvalue weighted by molar-refractivity contribution is -0.140. The molecular weight excluding hydrogens is 503 g/mol. The molecule has 0 spiro atoms. The number of hydrogen-bond donors (Lipinski definition) is 3. The smallest absolute Gasteiger partial charge is 0.408 e. The van der Waals surface area contributed by atoms with Gasteiger partial charge in [0.25, 0.3) is 0 Å². The first-order valence-corrected chi connectivity index (χ1v) is 11.0. The van der Waals surface area contributed by atoms with Crippen molar-refractivity contribution in [2.75, 3.05) is 6.61 Å². The predicted octanol–water partition coefficient (Wildman–Crippen LogP) is 2.99. The van der Waals surface area contributed by atoms with E-state index in [9.17, 15) is 24.0 Å². The maximum absolute atomic E-state index is 12.5. The van der Waals surface area contributed by atoms with E-state index in [-0.39, 0.29) is 22.2 Å². The minimum absolute atomic E-state index is 0.00406. The number of carbonyl (C=O) groups excluding carboxylic acids is 4. The summed E-state index contributed by atoms with van der Waals surface area (Å²) in [6, 6.07) is 10.5. The molecule has 0 heterocycles. The number of rotatable bonds is 11. The van der Waals surface area contributed by atoms with Gasteiger partial charge in [0.1, 0.15) is 18.7 Å². The number of aliphatic carboxylic acids is 1. The van der Waals surface area contributed by atoms with Crippen molar-refractivity contribution < 1.29 is 38.6 Å². The van der Waals surface area contributed by atoms with Gasteiger partial charge in [0.15, 0.2) is 12.4 Å². The molecule has 35 heavy (non-hydrogen) atoms. The van der Waals surface area contributed by atoms with Crippen LogP contribution in [0, 0.1) is 0 Å². The lowest BCUT2D eigenvalue weighted by atomic mass is 10.1. The third kappa shape index (κ3) is 8.91. The van der Waals surface area contributed by atoms with E-state index in [0.717, 1.165) is 5.56 Å². The molecule has 0 aromatic heterocycles. The van der Waals surface area contributed by atoms with Gasteiger partial charge in [0.2, 0.25) is 5.91 Å². The number of carboxylic acids is 1. The van der Waals surface area contributed by atoms with Crippen molar-refractivity contribution in [1.82, 2.24) is 10.6 Å². The van der Waals surface area contributed by atoms with Crippen LogP contribution in [0.15, 0.2) is 48.5 Å². The van der Waals surface area contributed by atoms with Crippen LogP contribution in [0.5, 0.6) is 0 Å². The fourth-order valence-electron chi connectivity index (χ4n) is 2.73. The SMILES string of the molecule is C[C@@H](NC(=O)OCc1ccccc1)C(=O)N[C@@H](CC(=O)O)C(=O)COC(=O)c1c(Cl)cccc1Cl. The quantitative estimate of drug-likeness (QED) is 0.380. The van der Waals surface area contributed by atoms with Crippen LogP contribution in [0.1, 0.15) is 29.3 Å². The summed E-state index contributed by atoms with van der Waals surface area (Å²) in [5, 5.41) is 13.6. The molecule has 3 N–H and O–H groups in total. The molecule has 0 saturated carbocycles. The van der Waals surface area contributed by atoms with Gasteiger partial charge in [-0.1, -0.05) is 59.6 Å². The van der Waals surface area contributed by atoms with E-state index >= 15 is 0 Å². The number of hydrogen-bond acceptors (Lipinski definition) is 7. The lowest BCUT2D eigenvalue weighted by Gasteiger charge is -2.19. The van der Waals surface area contributed by atoms with E-state index in [4.69, 9.17) is 37.8 Å². The lowest BCUT2D eigenvalue weighted by Crippen LogP contribution is -2.51. The highest BCUT2D eigenvalue weighted by molar-refractivity contribution is 6.39. The molecule has 0 unspecified atom stereocenters. The fourth-order valence-corrected chi connectivity index (χ4v) is 3.28. The van der Waals surface area contributed by atoms with Crippen LogP contribution in [-0.4, -0.2) is 53.5 Å². The van der Waals surface area contributed by atoms with Crippen LogP contribution in [0.25, 0.3) is 0 Å². The van der Waals surface area contributed by atoms with Crippen LogP contribution in [0.2, 0.25) is 10.0 Å². The van der Waals surface area contributed by atoms with E-state index in [0.29, 0.717) is 0 Å². The van der Waals surface area contributed by atoms with Gasteiger partial charge in [-0.2, -0.15) is 0 Å². The maximum atomic E-state index is 12.5. The number of halogens is 2. The van der Waals surface area contributed by atoms with Crippen LogP contribution < -0.4 is 10.6 Å². The van der Waals surface area contributed by atoms with Crippen LogP contribution >= 0.6 is 23.2 Å². The van der Waals surface area contributed by atoms with E-state index in [2.05, 4.69) is 10.6 Å². The van der Waals surface area contributed by atoms with Gasteiger partial charge >= 0.3 is 18.0 Å². The Bertz CT molecular complexity index is 1070. The highest BCUT2D eigenvalue weighted by atomic mass is 35.5. The van der Waals surface area contributed by atoms with Crippen molar-refractivity contribution >= 4 is 52.9 Å². The van der Waals surface area contributed by atoms with Gasteiger partial charge in [-0.25, -0.2) is 9.59 Å². The molecule has 2 aromatic carbocycles. The van der Waals surface area contributed by atoms with Gasteiger partial charge < -0.3 is 25.2 Å². The van der Waals surface area contributed by atoms with Crippen molar-refractivity contribution in [1.29, 1.82) is 0 Å². The molecule has 0 aliphatic carbocycles. The zero-order chi connectivity index (χ0) is 26.0. The van der Waals surface area contributed by atoms with Crippen LogP contribution in [0.4, 0.5) is 4.79 Å². The second kappa shape index (κ2) is 13.3. The Morgan fingerprint density at radius 1 is 0.914 bits per heavy atom. The summed E-state index contributed by atoms with van der Waals surface area (Å²) >= 11 is 11.8. The van der Waals surface area contributed by atoms with Gasteiger partial charge in [0.05, 0.1) is 22.0 Å². The first-order chi connectivity index (χ1) is 16.6. The zero-order valence-corrected chi connectivity index (χ0v) is 20.0. The number of Topliss-reactive ketones (excluding diaryl/α,β-unsaturated/α-hetero) is 1. The topological polar surface area (TPSA) is 148 Å². The summed E-state index contributed by atoms with van der Waals surface area (Å²) in [6.45, 7) is 0.447. The average Bonchev–Trinajstić information content (AvgIpc) is 2.81. The molecule has 10 nitrogen and oxygen atoms in total. The molecule has 12 heteroatoms. The minimum Gasteiger partial charge on any atom is -0.481 e. The summed E-state index contributed by atoms with van der Waals surface area (Å²) in [4.78, 5) is 60.3. The molecule has 0 fully saturated rings. The second-order valence-electron chi connectivity index (χ2n) is 7.23. The van der Waals surface area contributed by atoms with Crippen molar-refractivity contribution in [3.63, 3.8) is 0 Å². The molecular formula is C23H22Cl2N2O8. The van der Waals surface area contributed by atoms with Crippen molar-refractivity contribution in [3.8, 4) is 0 Å². The van der Waals surface area contributed by atoms with E-state index in [1.165, 1.54) is 25.1 Å². The Hall–Kier alpha value is -3.63.